The van der Waals surface area contributed by atoms with Gasteiger partial charge < -0.3 is 15.4 Å². The summed E-state index contributed by atoms with van der Waals surface area (Å²) in [5.74, 6) is 0.782. The highest BCUT2D eigenvalue weighted by Gasteiger charge is 2.38. The molecule has 2 saturated heterocycles. The lowest BCUT2D eigenvalue weighted by Crippen LogP contribution is -2.56. The molecule has 4 rings (SSSR count). The molecule has 2 N–H and O–H groups in total. The molecule has 5 nitrogen and oxygen atoms in total. The second-order valence-electron chi connectivity index (χ2n) is 8.39. The van der Waals surface area contributed by atoms with E-state index in [4.69, 9.17) is 4.74 Å². The van der Waals surface area contributed by atoms with Crippen molar-refractivity contribution < 1.29 is 9.53 Å². The van der Waals surface area contributed by atoms with Crippen LogP contribution in [0, 0.1) is 6.92 Å². The van der Waals surface area contributed by atoms with E-state index in [0.29, 0.717) is 12.1 Å². The Bertz CT molecular complexity index is 805. The fourth-order valence-electron chi connectivity index (χ4n) is 4.79. The standard InChI is InChI=1S/C24H31N3O2/c1-17-6-8-18(9-7-17)16-27-21-4-3-5-22(27)15-20(14-21)26-24(28)25-19-10-12-23(29-2)13-11-19/h6-13,20-22H,3-5,14-16H2,1-2H3,(H2,25,26,28). The summed E-state index contributed by atoms with van der Waals surface area (Å²) in [6.45, 7) is 3.15. The monoisotopic (exact) mass is 393 g/mol. The quantitative estimate of drug-likeness (QED) is 0.773. The number of fused-ring (bicyclic) bond motifs is 2. The van der Waals surface area contributed by atoms with Gasteiger partial charge in [-0.3, -0.25) is 4.90 Å². The molecule has 2 fully saturated rings. The van der Waals surface area contributed by atoms with Crippen molar-refractivity contribution >= 4 is 11.7 Å². The Morgan fingerprint density at radius 1 is 1.03 bits per heavy atom. The Hall–Kier alpha value is -2.53. The van der Waals surface area contributed by atoms with Crippen molar-refractivity contribution in [2.45, 2.75) is 63.7 Å². The number of ether oxygens (including phenoxy) is 1. The smallest absolute Gasteiger partial charge is 0.319 e. The van der Waals surface area contributed by atoms with Gasteiger partial charge in [0.05, 0.1) is 7.11 Å². The second kappa shape index (κ2) is 8.87. The molecule has 2 atom stereocenters. The van der Waals surface area contributed by atoms with Crippen LogP contribution in [0.15, 0.2) is 48.5 Å². The van der Waals surface area contributed by atoms with Crippen LogP contribution in [0.2, 0.25) is 0 Å². The first-order chi connectivity index (χ1) is 14.1. The number of rotatable bonds is 5. The van der Waals surface area contributed by atoms with Gasteiger partial charge in [0.2, 0.25) is 0 Å². The van der Waals surface area contributed by atoms with Crippen LogP contribution in [0.25, 0.3) is 0 Å². The van der Waals surface area contributed by atoms with Crippen LogP contribution in [0.4, 0.5) is 10.5 Å². The van der Waals surface area contributed by atoms with Gasteiger partial charge in [0.1, 0.15) is 5.75 Å². The first-order valence-electron chi connectivity index (χ1n) is 10.6. The minimum Gasteiger partial charge on any atom is -0.497 e. The van der Waals surface area contributed by atoms with E-state index in [1.165, 1.54) is 30.4 Å². The van der Waals surface area contributed by atoms with Crippen molar-refractivity contribution in [3.05, 3.63) is 59.7 Å². The van der Waals surface area contributed by atoms with Crippen LogP contribution in [0.3, 0.4) is 0 Å². The van der Waals surface area contributed by atoms with Gasteiger partial charge in [-0.1, -0.05) is 36.2 Å². The molecule has 2 bridgehead atoms. The summed E-state index contributed by atoms with van der Waals surface area (Å²) in [4.78, 5) is 15.2. The lowest BCUT2D eigenvalue weighted by molar-refractivity contribution is 0.0200. The van der Waals surface area contributed by atoms with Crippen molar-refractivity contribution in [2.24, 2.45) is 0 Å². The van der Waals surface area contributed by atoms with E-state index in [9.17, 15) is 4.79 Å². The molecule has 0 radical (unpaired) electrons. The van der Waals surface area contributed by atoms with Gasteiger partial charge in [-0.2, -0.15) is 0 Å². The molecule has 2 heterocycles. The predicted octanol–water partition coefficient (Wildman–Crippen LogP) is 4.71. The molecule has 154 valence electrons. The number of anilines is 1. The summed E-state index contributed by atoms with van der Waals surface area (Å²) in [5.41, 5.74) is 3.47. The number of urea groups is 1. The molecule has 0 spiro atoms. The van der Waals surface area contributed by atoms with Gasteiger partial charge in [-0.15, -0.1) is 0 Å². The number of piperidine rings is 2. The highest BCUT2D eigenvalue weighted by Crippen LogP contribution is 2.35. The molecule has 5 heteroatoms. The fraction of sp³-hybridized carbons (Fsp3) is 0.458. The number of aryl methyl sites for hydroxylation is 1. The maximum absolute atomic E-state index is 12.5. The van der Waals surface area contributed by atoms with Crippen LogP contribution in [0.5, 0.6) is 5.75 Å². The van der Waals surface area contributed by atoms with Crippen molar-refractivity contribution in [2.75, 3.05) is 12.4 Å². The molecular weight excluding hydrogens is 362 g/mol. The van der Waals surface area contributed by atoms with Gasteiger partial charge in [-0.25, -0.2) is 4.79 Å². The van der Waals surface area contributed by atoms with Crippen molar-refractivity contribution in [3.8, 4) is 5.75 Å². The molecule has 0 aromatic heterocycles. The van der Waals surface area contributed by atoms with Crippen molar-refractivity contribution in [1.29, 1.82) is 0 Å². The summed E-state index contributed by atoms with van der Waals surface area (Å²) < 4.78 is 5.16. The van der Waals surface area contributed by atoms with Gasteiger partial charge in [0.15, 0.2) is 0 Å². The molecule has 0 aliphatic carbocycles. The molecule has 29 heavy (non-hydrogen) atoms. The summed E-state index contributed by atoms with van der Waals surface area (Å²) in [7, 11) is 1.64. The number of benzene rings is 2. The van der Waals surface area contributed by atoms with Crippen molar-refractivity contribution in [3.63, 3.8) is 0 Å². The molecule has 2 aromatic rings. The predicted molar refractivity (Wildman–Crippen MR) is 116 cm³/mol. The number of hydrogen-bond donors (Lipinski definition) is 2. The lowest BCUT2D eigenvalue weighted by atomic mass is 9.81. The molecule has 2 aliphatic heterocycles. The topological polar surface area (TPSA) is 53.6 Å². The number of hydrogen-bond acceptors (Lipinski definition) is 3. The summed E-state index contributed by atoms with van der Waals surface area (Å²) in [5, 5.41) is 6.15. The number of carbonyl (C=O) groups excluding carboxylic acids is 1. The van der Waals surface area contributed by atoms with E-state index in [-0.39, 0.29) is 12.1 Å². The zero-order chi connectivity index (χ0) is 20.2. The van der Waals surface area contributed by atoms with Crippen LogP contribution in [-0.2, 0) is 6.54 Å². The summed E-state index contributed by atoms with van der Waals surface area (Å²) in [6, 6.07) is 17.5. The normalized spacial score (nSPS) is 24.0. The molecular formula is C24H31N3O2. The summed E-state index contributed by atoms with van der Waals surface area (Å²) in [6.07, 6.45) is 5.79. The molecule has 2 aromatic carbocycles. The average molecular weight is 394 g/mol. The maximum Gasteiger partial charge on any atom is 0.319 e. The van der Waals surface area contributed by atoms with Crippen LogP contribution < -0.4 is 15.4 Å². The number of nitrogens with one attached hydrogen (secondary N) is 2. The fourth-order valence-corrected chi connectivity index (χ4v) is 4.79. The first-order valence-corrected chi connectivity index (χ1v) is 10.6. The molecule has 2 amide bonds. The maximum atomic E-state index is 12.5. The Labute approximate surface area is 173 Å². The molecule has 0 saturated carbocycles. The SMILES string of the molecule is COc1ccc(NC(=O)NC2CC3CCCC(C2)N3Cc2ccc(C)cc2)cc1. The first kappa shape index (κ1) is 19.8. The van der Waals surface area contributed by atoms with Crippen LogP contribution in [-0.4, -0.2) is 36.2 Å². The van der Waals surface area contributed by atoms with E-state index < -0.39 is 0 Å². The number of carbonyl (C=O) groups is 1. The van der Waals surface area contributed by atoms with Crippen LogP contribution >= 0.6 is 0 Å². The summed E-state index contributed by atoms with van der Waals surface area (Å²) >= 11 is 0. The Morgan fingerprint density at radius 2 is 1.69 bits per heavy atom. The third kappa shape index (κ3) is 4.91. The van der Waals surface area contributed by atoms with E-state index in [0.717, 1.165) is 30.8 Å². The lowest BCUT2D eigenvalue weighted by Gasteiger charge is -2.49. The molecule has 2 unspecified atom stereocenters. The highest BCUT2D eigenvalue weighted by atomic mass is 16.5. The Balaban J connectivity index is 1.34. The highest BCUT2D eigenvalue weighted by molar-refractivity contribution is 5.89. The third-order valence-electron chi connectivity index (χ3n) is 6.29. The zero-order valence-corrected chi connectivity index (χ0v) is 17.4. The molecule has 2 aliphatic rings. The number of amides is 2. The van der Waals surface area contributed by atoms with Crippen molar-refractivity contribution in [1.82, 2.24) is 10.2 Å². The van der Waals surface area contributed by atoms with Gasteiger partial charge >= 0.3 is 6.03 Å². The van der Waals surface area contributed by atoms with E-state index >= 15 is 0 Å². The number of nitrogens with zero attached hydrogens (tertiary/aromatic N) is 1. The van der Waals surface area contributed by atoms with Crippen LogP contribution in [0.1, 0.15) is 43.2 Å². The van der Waals surface area contributed by atoms with Gasteiger partial charge in [-0.05, 0) is 62.4 Å². The zero-order valence-electron chi connectivity index (χ0n) is 17.4. The Kier molecular flexibility index (Phi) is 6.05. The minimum atomic E-state index is -0.120. The average Bonchev–Trinajstić information content (AvgIpc) is 2.71. The number of methoxy groups -OCH3 is 1. The van der Waals surface area contributed by atoms with Gasteiger partial charge in [0, 0.05) is 30.4 Å². The minimum absolute atomic E-state index is 0.120. The van der Waals surface area contributed by atoms with E-state index in [1.807, 2.05) is 24.3 Å². The Morgan fingerprint density at radius 3 is 2.31 bits per heavy atom. The van der Waals surface area contributed by atoms with Gasteiger partial charge in [0.25, 0.3) is 0 Å². The second-order valence-corrected chi connectivity index (χ2v) is 8.39. The van der Waals surface area contributed by atoms with E-state index in [1.54, 1.807) is 7.11 Å². The van der Waals surface area contributed by atoms with E-state index in [2.05, 4.69) is 46.7 Å². The largest absolute Gasteiger partial charge is 0.497 e. The third-order valence-corrected chi connectivity index (χ3v) is 6.29.